The number of carbonyl (C=O) groups is 1. The number of nitrogens with one attached hydrogen (secondary N) is 1. The Bertz CT molecular complexity index is 1080. The summed E-state index contributed by atoms with van der Waals surface area (Å²) in [6.07, 6.45) is -1.37. The lowest BCUT2D eigenvalue weighted by atomic mass is 9.93. The molecule has 2 N–H and O–H groups in total. The average molecular weight is 465 g/mol. The fourth-order valence-corrected chi connectivity index (χ4v) is 4.54. The number of hydrogen-bond acceptors (Lipinski definition) is 4. The van der Waals surface area contributed by atoms with E-state index in [2.05, 4.69) is 9.97 Å². The number of ether oxygens (including phenoxy) is 1. The van der Waals surface area contributed by atoms with E-state index in [1.54, 1.807) is 51.2 Å². The molecule has 170 valence electrons. The van der Waals surface area contributed by atoms with Crippen LogP contribution in [0.15, 0.2) is 53.8 Å². The number of imidazole rings is 1. The number of aromatic nitrogens is 2. The highest BCUT2D eigenvalue weighted by Gasteiger charge is 2.35. The topological polar surface area (TPSA) is 75.2 Å². The third kappa shape index (κ3) is 5.64. The van der Waals surface area contributed by atoms with Gasteiger partial charge in [0.25, 0.3) is 0 Å². The third-order valence-electron chi connectivity index (χ3n) is 4.86. The first-order valence-corrected chi connectivity index (χ1v) is 10.8. The summed E-state index contributed by atoms with van der Waals surface area (Å²) in [5.41, 5.74) is 1.52. The lowest BCUT2D eigenvalue weighted by molar-refractivity contribution is -0.139. The fraction of sp³-hybridized carbons (Fsp3) is 0.304. The van der Waals surface area contributed by atoms with Gasteiger partial charge in [0.1, 0.15) is 5.75 Å². The number of carboxylic acid groups (broad SMARTS) is 1. The van der Waals surface area contributed by atoms with Crippen LogP contribution >= 0.6 is 11.8 Å². The first-order chi connectivity index (χ1) is 15.1. The largest absolute Gasteiger partial charge is 0.482 e. The van der Waals surface area contributed by atoms with E-state index in [4.69, 9.17) is 9.84 Å². The van der Waals surface area contributed by atoms with Gasteiger partial charge in [-0.3, -0.25) is 0 Å². The molecule has 32 heavy (non-hydrogen) atoms. The third-order valence-corrected chi connectivity index (χ3v) is 6.15. The molecule has 0 aliphatic rings. The summed E-state index contributed by atoms with van der Waals surface area (Å²) in [6, 6.07) is 9.71. The molecule has 0 saturated carbocycles. The van der Waals surface area contributed by atoms with Gasteiger partial charge in [0.2, 0.25) is 0 Å². The van der Waals surface area contributed by atoms with Gasteiger partial charge in [-0.05, 0) is 53.8 Å². The predicted octanol–water partition coefficient (Wildman–Crippen LogP) is 6.21. The van der Waals surface area contributed by atoms with Crippen molar-refractivity contribution in [2.75, 3.05) is 6.61 Å². The van der Waals surface area contributed by atoms with E-state index in [1.807, 2.05) is 6.07 Å². The molecule has 0 amide bonds. The standard InChI is InChI=1S/C23H23F3N2O3S/c1-13(2)17-6-4-15(9-18(17)23(24,25)26)22(19-10-27-12-28-19)32-16-5-7-20(14(3)8-16)31-11-21(29)30/h4-10,12-13,22H,11H2,1-3H3,(H,27,28)(H,29,30). The molecule has 0 aliphatic carbocycles. The van der Waals surface area contributed by atoms with Crippen LogP contribution in [0.1, 0.15) is 53.0 Å². The number of alkyl halides is 3. The van der Waals surface area contributed by atoms with Gasteiger partial charge in [0.15, 0.2) is 6.61 Å². The van der Waals surface area contributed by atoms with Crippen molar-refractivity contribution in [3.8, 4) is 5.75 Å². The molecule has 9 heteroatoms. The van der Waals surface area contributed by atoms with Gasteiger partial charge in [0, 0.05) is 11.1 Å². The van der Waals surface area contributed by atoms with Gasteiger partial charge in [-0.1, -0.05) is 26.0 Å². The van der Waals surface area contributed by atoms with Crippen LogP contribution in [0.5, 0.6) is 5.75 Å². The summed E-state index contributed by atoms with van der Waals surface area (Å²) in [4.78, 5) is 18.6. The minimum Gasteiger partial charge on any atom is -0.482 e. The highest BCUT2D eigenvalue weighted by molar-refractivity contribution is 7.99. The number of aliphatic carboxylic acids is 1. The van der Waals surface area contributed by atoms with Gasteiger partial charge in [-0.2, -0.15) is 13.2 Å². The van der Waals surface area contributed by atoms with Crippen molar-refractivity contribution in [1.82, 2.24) is 9.97 Å². The molecule has 1 atom stereocenters. The minimum absolute atomic E-state index is 0.255. The Hall–Kier alpha value is -2.94. The first-order valence-electron chi connectivity index (χ1n) is 9.87. The van der Waals surface area contributed by atoms with E-state index >= 15 is 0 Å². The molecular formula is C23H23F3N2O3S. The number of H-pyrrole nitrogens is 1. The molecule has 1 heterocycles. The van der Waals surface area contributed by atoms with E-state index in [1.165, 1.54) is 24.2 Å². The number of hydrogen-bond donors (Lipinski definition) is 2. The van der Waals surface area contributed by atoms with Crippen LogP contribution in [0, 0.1) is 6.92 Å². The van der Waals surface area contributed by atoms with Crippen molar-refractivity contribution < 1.29 is 27.8 Å². The Balaban J connectivity index is 1.97. The molecule has 5 nitrogen and oxygen atoms in total. The Labute approximate surface area is 188 Å². The second-order valence-electron chi connectivity index (χ2n) is 7.61. The number of carboxylic acids is 1. The fourth-order valence-electron chi connectivity index (χ4n) is 3.34. The molecule has 0 aliphatic heterocycles. The molecule has 3 rings (SSSR count). The number of benzene rings is 2. The lowest BCUT2D eigenvalue weighted by Crippen LogP contribution is -2.12. The molecule has 1 unspecified atom stereocenters. The van der Waals surface area contributed by atoms with E-state index in [-0.39, 0.29) is 11.5 Å². The smallest absolute Gasteiger partial charge is 0.416 e. The summed E-state index contributed by atoms with van der Waals surface area (Å²) in [5.74, 6) is -0.900. The maximum Gasteiger partial charge on any atom is 0.416 e. The van der Waals surface area contributed by atoms with Gasteiger partial charge < -0.3 is 14.8 Å². The first kappa shape index (κ1) is 23.7. The van der Waals surface area contributed by atoms with Gasteiger partial charge in [-0.15, -0.1) is 11.8 Å². The second kappa shape index (κ2) is 9.68. The van der Waals surface area contributed by atoms with Crippen molar-refractivity contribution in [3.63, 3.8) is 0 Å². The monoisotopic (exact) mass is 464 g/mol. The molecule has 0 fully saturated rings. The summed E-state index contributed by atoms with van der Waals surface area (Å²) in [6.45, 7) is 4.81. The SMILES string of the molecule is Cc1cc(SC(c2ccc(C(C)C)c(C(F)(F)F)c2)c2cnc[nH]2)ccc1OCC(=O)O. The van der Waals surface area contributed by atoms with Crippen molar-refractivity contribution in [1.29, 1.82) is 0 Å². The van der Waals surface area contributed by atoms with Crippen molar-refractivity contribution in [3.05, 3.63) is 76.9 Å². The lowest BCUT2D eigenvalue weighted by Gasteiger charge is -2.21. The molecule has 2 aromatic carbocycles. The van der Waals surface area contributed by atoms with Crippen molar-refractivity contribution in [2.24, 2.45) is 0 Å². The van der Waals surface area contributed by atoms with Crippen LogP contribution < -0.4 is 4.74 Å². The molecule has 0 saturated heterocycles. The highest BCUT2D eigenvalue weighted by Crippen LogP contribution is 2.44. The van der Waals surface area contributed by atoms with Gasteiger partial charge in [-0.25, -0.2) is 9.78 Å². The quantitative estimate of drug-likeness (QED) is 0.388. The predicted molar refractivity (Wildman–Crippen MR) is 116 cm³/mol. The molecule has 0 radical (unpaired) electrons. The second-order valence-corrected chi connectivity index (χ2v) is 8.79. The Morgan fingerprint density at radius 2 is 1.97 bits per heavy atom. The number of aryl methyl sites for hydroxylation is 1. The number of aromatic amines is 1. The Kier molecular flexibility index (Phi) is 7.18. The molecule has 1 aromatic heterocycles. The Morgan fingerprint density at radius 3 is 2.53 bits per heavy atom. The van der Waals surface area contributed by atoms with E-state index in [0.29, 0.717) is 17.0 Å². The Morgan fingerprint density at radius 1 is 1.22 bits per heavy atom. The maximum atomic E-state index is 13.8. The normalized spacial score (nSPS) is 12.7. The molecule has 0 bridgehead atoms. The zero-order chi connectivity index (χ0) is 23.5. The zero-order valence-corrected chi connectivity index (χ0v) is 18.6. The number of rotatable bonds is 8. The van der Waals surface area contributed by atoms with Crippen LogP contribution in [0.3, 0.4) is 0 Å². The summed E-state index contributed by atoms with van der Waals surface area (Å²) < 4.78 is 46.6. The van der Waals surface area contributed by atoms with E-state index < -0.39 is 29.6 Å². The summed E-state index contributed by atoms with van der Waals surface area (Å²) in [7, 11) is 0. The average Bonchev–Trinajstić information content (AvgIpc) is 3.24. The van der Waals surface area contributed by atoms with Gasteiger partial charge in [0.05, 0.1) is 22.8 Å². The van der Waals surface area contributed by atoms with Gasteiger partial charge >= 0.3 is 12.1 Å². The number of halogens is 3. The van der Waals surface area contributed by atoms with Crippen LogP contribution in [0.25, 0.3) is 0 Å². The highest BCUT2D eigenvalue weighted by atomic mass is 32.2. The van der Waals surface area contributed by atoms with E-state index in [9.17, 15) is 18.0 Å². The van der Waals surface area contributed by atoms with Crippen LogP contribution in [-0.4, -0.2) is 27.7 Å². The number of nitrogens with zero attached hydrogens (tertiary/aromatic N) is 1. The van der Waals surface area contributed by atoms with Crippen LogP contribution in [-0.2, 0) is 11.0 Å². The summed E-state index contributed by atoms with van der Waals surface area (Å²) >= 11 is 1.37. The van der Waals surface area contributed by atoms with Crippen LogP contribution in [0.4, 0.5) is 13.2 Å². The molecular weight excluding hydrogens is 441 g/mol. The zero-order valence-electron chi connectivity index (χ0n) is 17.7. The molecule has 3 aromatic rings. The van der Waals surface area contributed by atoms with Crippen molar-refractivity contribution in [2.45, 2.75) is 43.0 Å². The van der Waals surface area contributed by atoms with Crippen molar-refractivity contribution >= 4 is 17.7 Å². The summed E-state index contributed by atoms with van der Waals surface area (Å²) in [5, 5.41) is 8.33. The van der Waals surface area contributed by atoms with Crippen LogP contribution in [0.2, 0.25) is 0 Å². The minimum atomic E-state index is -4.46. The maximum absolute atomic E-state index is 13.8. The number of thioether (sulfide) groups is 1. The van der Waals surface area contributed by atoms with E-state index in [0.717, 1.165) is 10.5 Å². The molecule has 0 spiro atoms.